The number of ether oxygens (including phenoxy) is 3. The minimum absolute atomic E-state index is 0.0856. The number of dihydropyridines is 1. The highest BCUT2D eigenvalue weighted by molar-refractivity contribution is 8.04. The predicted octanol–water partition coefficient (Wildman–Crippen LogP) is 9.07. The van der Waals surface area contributed by atoms with Gasteiger partial charge >= 0.3 is 18.0 Å². The number of nitrogens with zero attached hydrogens (tertiary/aromatic N) is 2. The molecule has 2 aromatic heterocycles. The van der Waals surface area contributed by atoms with Crippen molar-refractivity contribution in [3.05, 3.63) is 122 Å². The molecule has 0 radical (unpaired) electrons. The van der Waals surface area contributed by atoms with E-state index >= 15 is 0 Å². The molecule has 292 valence electrons. The first-order valence-corrected chi connectivity index (χ1v) is 19.7. The third-order valence-electron chi connectivity index (χ3n) is 8.73. The van der Waals surface area contributed by atoms with E-state index in [1.54, 1.807) is 58.9 Å². The van der Waals surface area contributed by atoms with E-state index in [2.05, 4.69) is 20.8 Å². The second-order valence-corrected chi connectivity index (χ2v) is 17.0. The van der Waals surface area contributed by atoms with Gasteiger partial charge in [0.1, 0.15) is 22.9 Å². The summed E-state index contributed by atoms with van der Waals surface area (Å²) in [5, 5.41) is 15.5. The van der Waals surface area contributed by atoms with E-state index in [0.717, 1.165) is 11.1 Å². The molecule has 3 heterocycles. The molecule has 0 fully saturated rings. The molecule has 1 aliphatic rings. The average molecular weight is 791 g/mol. The van der Waals surface area contributed by atoms with E-state index in [0.29, 0.717) is 44.8 Å². The number of allylic oxidation sites excluding steroid dienone is 2. The van der Waals surface area contributed by atoms with Crippen molar-refractivity contribution >= 4 is 46.7 Å². The second-order valence-electron chi connectivity index (χ2n) is 14.4. The van der Waals surface area contributed by atoms with Crippen LogP contribution in [0.5, 0.6) is 0 Å². The van der Waals surface area contributed by atoms with E-state index in [4.69, 9.17) is 18.6 Å². The van der Waals surface area contributed by atoms with Crippen molar-refractivity contribution in [2.24, 2.45) is 5.92 Å². The Morgan fingerprint density at radius 2 is 1.65 bits per heavy atom. The van der Waals surface area contributed by atoms with Crippen molar-refractivity contribution < 1.29 is 37.4 Å². The molecule has 2 atom stereocenters. The number of hydrogen-bond donors (Lipinski definition) is 2. The molecule has 5 rings (SSSR count). The van der Waals surface area contributed by atoms with Crippen molar-refractivity contribution in [3.63, 3.8) is 0 Å². The SMILES string of the molecule is CCOC(=O)C1=C(S[C@](C)(NC(=O)OC(C)(C)C)C(C)C)NC(CCc2ccc(F)cc2)=C(c2nnc(C)o2)C1c1ccc(C(=O)OCc2ccccc2)s1. The van der Waals surface area contributed by atoms with E-state index in [9.17, 15) is 18.8 Å². The highest BCUT2D eigenvalue weighted by Crippen LogP contribution is 2.50. The lowest BCUT2D eigenvalue weighted by Crippen LogP contribution is -2.50. The Bertz CT molecular complexity index is 2050. The molecule has 0 aliphatic carbocycles. The molecule has 0 saturated carbocycles. The molecule has 1 aliphatic heterocycles. The Balaban J connectivity index is 1.66. The molecule has 55 heavy (non-hydrogen) atoms. The minimum atomic E-state index is -1.00. The lowest BCUT2D eigenvalue weighted by molar-refractivity contribution is -0.138. The molecule has 0 saturated heterocycles. The monoisotopic (exact) mass is 790 g/mol. The summed E-state index contributed by atoms with van der Waals surface area (Å²) >= 11 is 2.44. The molecule has 2 aromatic carbocycles. The maximum Gasteiger partial charge on any atom is 0.408 e. The molecule has 4 aromatic rings. The first kappa shape index (κ1) is 41.2. The second kappa shape index (κ2) is 17.7. The first-order valence-electron chi connectivity index (χ1n) is 18.0. The Morgan fingerprint density at radius 3 is 2.27 bits per heavy atom. The summed E-state index contributed by atoms with van der Waals surface area (Å²) < 4.78 is 37.0. The number of alkyl carbamates (subject to hydrolysis) is 1. The number of aryl methyl sites for hydroxylation is 2. The van der Waals surface area contributed by atoms with E-state index in [1.807, 2.05) is 51.1 Å². The molecule has 2 N–H and O–H groups in total. The topological polar surface area (TPSA) is 142 Å². The van der Waals surface area contributed by atoms with Gasteiger partial charge in [-0.3, -0.25) is 0 Å². The average Bonchev–Trinajstić information content (AvgIpc) is 3.79. The first-order chi connectivity index (χ1) is 26.1. The third kappa shape index (κ3) is 10.6. The van der Waals surface area contributed by atoms with Crippen molar-refractivity contribution in [3.8, 4) is 0 Å². The zero-order valence-electron chi connectivity index (χ0n) is 32.3. The summed E-state index contributed by atoms with van der Waals surface area (Å²) in [6.45, 7) is 14.7. The van der Waals surface area contributed by atoms with Crippen molar-refractivity contribution in [2.75, 3.05) is 6.61 Å². The van der Waals surface area contributed by atoms with Gasteiger partial charge in [-0.25, -0.2) is 18.8 Å². The van der Waals surface area contributed by atoms with Gasteiger partial charge in [0.2, 0.25) is 11.8 Å². The molecule has 11 nitrogen and oxygen atoms in total. The van der Waals surface area contributed by atoms with Gasteiger partial charge in [0.15, 0.2) is 0 Å². The molecule has 0 spiro atoms. The number of halogens is 1. The molecule has 1 amide bonds. The minimum Gasteiger partial charge on any atom is -0.463 e. The van der Waals surface area contributed by atoms with Crippen LogP contribution in [0.2, 0.25) is 0 Å². The van der Waals surface area contributed by atoms with Gasteiger partial charge in [-0.2, -0.15) is 0 Å². The fourth-order valence-corrected chi connectivity index (χ4v) is 8.00. The number of aromatic nitrogens is 2. The standard InChI is InChI=1S/C41H47FN4O7S2/c1-9-50-38(48)34-33(30-21-22-31(54-30)37(47)51-23-27-13-11-10-12-14-27)32(35-46-45-25(4)52-35)29(20-17-26-15-18-28(42)19-16-26)43-36(34)55-41(8,24(2)3)44-39(49)53-40(5,6)7/h10-16,18-19,21-22,24,33,43H,9,17,20,23H2,1-8H3,(H,44,49)/t33?,41-/m0/s1. The molecular weight excluding hydrogens is 744 g/mol. The highest BCUT2D eigenvalue weighted by atomic mass is 32.2. The van der Waals surface area contributed by atoms with E-state index < -0.39 is 34.4 Å². The molecular formula is C41H47FN4O7S2. The normalized spacial score (nSPS) is 15.7. The summed E-state index contributed by atoms with van der Waals surface area (Å²) in [6.07, 6.45) is 0.249. The van der Waals surface area contributed by atoms with E-state index in [-0.39, 0.29) is 36.4 Å². The van der Waals surface area contributed by atoms with Crippen LogP contribution in [0.4, 0.5) is 9.18 Å². The zero-order valence-corrected chi connectivity index (χ0v) is 33.9. The van der Waals surface area contributed by atoms with Gasteiger partial charge in [-0.1, -0.05) is 68.1 Å². The summed E-state index contributed by atoms with van der Waals surface area (Å²) in [5.41, 5.74) is 2.37. The maximum atomic E-state index is 14.3. The number of carbonyl (C=O) groups is 3. The Hall–Kier alpha value is -4.95. The Morgan fingerprint density at radius 1 is 0.945 bits per heavy atom. The van der Waals surface area contributed by atoms with E-state index in [1.165, 1.54) is 35.2 Å². The summed E-state index contributed by atoms with van der Waals surface area (Å²) in [5.74, 6) is -2.01. The number of nitrogens with one attached hydrogen (secondary N) is 2. The largest absolute Gasteiger partial charge is 0.463 e. The van der Waals surface area contributed by atoms with Crippen LogP contribution in [0.1, 0.15) is 98.3 Å². The number of hydrogen-bond acceptors (Lipinski definition) is 12. The lowest BCUT2D eigenvalue weighted by atomic mass is 9.84. The fourth-order valence-electron chi connectivity index (χ4n) is 5.70. The number of rotatable bonds is 14. The van der Waals surface area contributed by atoms with Crippen molar-refractivity contribution in [1.82, 2.24) is 20.8 Å². The number of esters is 2. The Labute approximate surface area is 329 Å². The number of thiophene rings is 1. The van der Waals surface area contributed by atoms with Crippen LogP contribution in [-0.2, 0) is 32.0 Å². The van der Waals surface area contributed by atoms with Crippen LogP contribution >= 0.6 is 23.1 Å². The quantitative estimate of drug-likeness (QED) is 0.0718. The summed E-state index contributed by atoms with van der Waals surface area (Å²) in [6, 6.07) is 19.1. The molecule has 1 unspecified atom stereocenters. The predicted molar refractivity (Wildman–Crippen MR) is 210 cm³/mol. The van der Waals surface area contributed by atoms with Crippen LogP contribution in [0, 0.1) is 18.7 Å². The van der Waals surface area contributed by atoms with Crippen LogP contribution in [0.15, 0.2) is 87.4 Å². The lowest BCUT2D eigenvalue weighted by Gasteiger charge is -2.38. The van der Waals surface area contributed by atoms with Gasteiger partial charge in [0.05, 0.1) is 28.0 Å². The van der Waals surface area contributed by atoms with Gasteiger partial charge in [0, 0.05) is 23.1 Å². The number of thioether (sulfide) groups is 1. The van der Waals surface area contributed by atoms with Crippen LogP contribution in [0.3, 0.4) is 0 Å². The summed E-state index contributed by atoms with van der Waals surface area (Å²) in [7, 11) is 0. The summed E-state index contributed by atoms with van der Waals surface area (Å²) in [4.78, 5) is 40.9. The van der Waals surface area contributed by atoms with Gasteiger partial charge in [0.25, 0.3) is 0 Å². The highest BCUT2D eigenvalue weighted by Gasteiger charge is 2.43. The number of carbonyl (C=O) groups excluding carboxylic acids is 3. The number of amides is 1. The van der Waals surface area contributed by atoms with Crippen LogP contribution < -0.4 is 10.6 Å². The zero-order chi connectivity index (χ0) is 39.9. The van der Waals surface area contributed by atoms with Crippen LogP contribution in [0.25, 0.3) is 5.57 Å². The van der Waals surface area contributed by atoms with Gasteiger partial charge < -0.3 is 29.3 Å². The smallest absolute Gasteiger partial charge is 0.408 e. The fraction of sp³-hybridized carbons (Fsp3) is 0.390. The molecule has 14 heteroatoms. The van der Waals surface area contributed by atoms with Crippen molar-refractivity contribution in [1.29, 1.82) is 0 Å². The third-order valence-corrected chi connectivity index (χ3v) is 11.4. The van der Waals surface area contributed by atoms with Crippen LogP contribution in [-0.4, -0.2) is 45.3 Å². The Kier molecular flexibility index (Phi) is 13.2. The number of benzene rings is 2. The van der Waals surface area contributed by atoms with Gasteiger partial charge in [-0.15, -0.1) is 21.5 Å². The molecule has 0 bridgehead atoms. The van der Waals surface area contributed by atoms with Crippen molar-refractivity contribution in [2.45, 2.75) is 91.2 Å². The maximum absolute atomic E-state index is 14.3. The van der Waals surface area contributed by atoms with Gasteiger partial charge in [-0.05, 0) is 88.8 Å².